The molecule has 1 saturated carbocycles. The van der Waals surface area contributed by atoms with E-state index in [1.807, 2.05) is 0 Å². The Balaban J connectivity index is 2.21. The predicted octanol–water partition coefficient (Wildman–Crippen LogP) is 1.92. The second-order valence-electron chi connectivity index (χ2n) is 4.35. The molecule has 0 aliphatic heterocycles. The van der Waals surface area contributed by atoms with Gasteiger partial charge in [0.1, 0.15) is 0 Å². The van der Waals surface area contributed by atoms with Gasteiger partial charge in [-0.25, -0.2) is 0 Å². The second-order valence-corrected chi connectivity index (χ2v) is 4.35. The van der Waals surface area contributed by atoms with E-state index >= 15 is 0 Å². The molecule has 0 spiro atoms. The maximum Gasteiger partial charge on any atom is 0.0868 e. The maximum atomic E-state index is 8.77. The number of aliphatic hydroxyl groups excluding tert-OH is 1. The first-order chi connectivity index (χ1) is 7.38. The lowest BCUT2D eigenvalue weighted by Gasteiger charge is -2.25. The van der Waals surface area contributed by atoms with Crippen molar-refractivity contribution in [3.8, 4) is 6.07 Å². The van der Waals surface area contributed by atoms with Gasteiger partial charge in [0.05, 0.1) is 12.6 Å². The van der Waals surface area contributed by atoms with Gasteiger partial charge in [-0.2, -0.15) is 5.26 Å². The van der Waals surface area contributed by atoms with Gasteiger partial charge in [0.2, 0.25) is 0 Å². The van der Waals surface area contributed by atoms with Crippen LogP contribution in [0.25, 0.3) is 0 Å². The minimum Gasteiger partial charge on any atom is -0.396 e. The van der Waals surface area contributed by atoms with Gasteiger partial charge in [-0.05, 0) is 38.6 Å². The number of hydrogen-bond donors (Lipinski definition) is 1. The first kappa shape index (κ1) is 12.5. The van der Waals surface area contributed by atoms with Crippen molar-refractivity contribution in [3.05, 3.63) is 0 Å². The van der Waals surface area contributed by atoms with Crippen molar-refractivity contribution in [1.29, 1.82) is 5.26 Å². The fourth-order valence-electron chi connectivity index (χ4n) is 2.35. The average Bonchev–Trinajstić information content (AvgIpc) is 2.76. The van der Waals surface area contributed by atoms with Crippen LogP contribution in [0.3, 0.4) is 0 Å². The third kappa shape index (κ3) is 4.63. The molecule has 86 valence electrons. The highest BCUT2D eigenvalue weighted by Gasteiger charge is 2.21. The molecule has 3 heteroatoms. The number of hydrogen-bond acceptors (Lipinski definition) is 3. The lowest BCUT2D eigenvalue weighted by molar-refractivity contribution is 0.213. The number of rotatable bonds is 7. The number of nitriles is 1. The van der Waals surface area contributed by atoms with Gasteiger partial charge < -0.3 is 5.11 Å². The van der Waals surface area contributed by atoms with Crippen LogP contribution in [0.5, 0.6) is 0 Å². The molecule has 0 aromatic carbocycles. The fraction of sp³-hybridized carbons (Fsp3) is 0.917. The maximum absolute atomic E-state index is 8.77. The van der Waals surface area contributed by atoms with Crippen molar-refractivity contribution >= 4 is 0 Å². The van der Waals surface area contributed by atoms with E-state index in [-0.39, 0.29) is 0 Å². The summed E-state index contributed by atoms with van der Waals surface area (Å²) in [5.74, 6) is 0. The molecule has 0 unspecified atom stereocenters. The quantitative estimate of drug-likeness (QED) is 0.516. The van der Waals surface area contributed by atoms with Crippen LogP contribution < -0.4 is 0 Å². The van der Waals surface area contributed by atoms with Gasteiger partial charge >= 0.3 is 0 Å². The van der Waals surface area contributed by atoms with Crippen LogP contribution in [-0.4, -0.2) is 35.7 Å². The first-order valence-corrected chi connectivity index (χ1v) is 6.10. The van der Waals surface area contributed by atoms with Crippen molar-refractivity contribution in [1.82, 2.24) is 4.90 Å². The molecule has 1 aliphatic rings. The lowest BCUT2D eigenvalue weighted by atomic mass is 10.1. The summed E-state index contributed by atoms with van der Waals surface area (Å²) in [5, 5.41) is 17.4. The second kappa shape index (κ2) is 7.67. The van der Waals surface area contributed by atoms with E-state index in [1.54, 1.807) is 0 Å². The van der Waals surface area contributed by atoms with Crippen molar-refractivity contribution in [3.63, 3.8) is 0 Å². The summed E-state index contributed by atoms with van der Waals surface area (Å²) in [6, 6.07) is 2.91. The van der Waals surface area contributed by atoms with E-state index in [4.69, 9.17) is 10.4 Å². The van der Waals surface area contributed by atoms with Crippen molar-refractivity contribution in [2.45, 2.75) is 51.0 Å². The Bertz CT molecular complexity index is 194. The van der Waals surface area contributed by atoms with Crippen LogP contribution >= 0.6 is 0 Å². The highest BCUT2D eigenvalue weighted by molar-refractivity contribution is 4.84. The van der Waals surface area contributed by atoms with E-state index in [2.05, 4.69) is 11.0 Å². The fourth-order valence-corrected chi connectivity index (χ4v) is 2.35. The van der Waals surface area contributed by atoms with Gasteiger partial charge in [-0.3, -0.25) is 4.90 Å². The number of unbranched alkanes of at least 4 members (excludes halogenated alkanes) is 2. The van der Waals surface area contributed by atoms with E-state index in [9.17, 15) is 0 Å². The minimum absolute atomic E-state index is 0.293. The summed E-state index contributed by atoms with van der Waals surface area (Å²) < 4.78 is 0. The van der Waals surface area contributed by atoms with Crippen LogP contribution in [0, 0.1) is 11.3 Å². The van der Waals surface area contributed by atoms with Gasteiger partial charge in [0.25, 0.3) is 0 Å². The molecule has 1 fully saturated rings. The lowest BCUT2D eigenvalue weighted by Crippen LogP contribution is -2.34. The highest BCUT2D eigenvalue weighted by Crippen LogP contribution is 2.23. The van der Waals surface area contributed by atoms with Gasteiger partial charge in [0.15, 0.2) is 0 Å². The van der Waals surface area contributed by atoms with E-state index in [1.165, 1.54) is 25.7 Å². The zero-order chi connectivity index (χ0) is 10.9. The SMILES string of the molecule is N#CCN(CCCCCO)C1CCCC1. The molecule has 1 aliphatic carbocycles. The van der Waals surface area contributed by atoms with Crippen LogP contribution in [0.1, 0.15) is 44.9 Å². The van der Waals surface area contributed by atoms with E-state index in [0.717, 1.165) is 25.8 Å². The molecule has 15 heavy (non-hydrogen) atoms. The van der Waals surface area contributed by atoms with Crippen molar-refractivity contribution < 1.29 is 5.11 Å². The van der Waals surface area contributed by atoms with Gasteiger partial charge in [-0.15, -0.1) is 0 Å². The molecule has 1 N–H and O–H groups in total. The zero-order valence-corrected chi connectivity index (χ0v) is 9.49. The van der Waals surface area contributed by atoms with Crippen LogP contribution in [0.15, 0.2) is 0 Å². The monoisotopic (exact) mass is 210 g/mol. The summed E-state index contributed by atoms with van der Waals surface area (Å²) in [7, 11) is 0. The summed E-state index contributed by atoms with van der Waals surface area (Å²) >= 11 is 0. The highest BCUT2D eigenvalue weighted by atomic mass is 16.2. The van der Waals surface area contributed by atoms with Crippen molar-refractivity contribution in [2.24, 2.45) is 0 Å². The minimum atomic E-state index is 0.293. The molecule has 0 heterocycles. The Labute approximate surface area is 92.7 Å². The topological polar surface area (TPSA) is 47.3 Å². The molecular formula is C12H22N2O. The summed E-state index contributed by atoms with van der Waals surface area (Å²) in [4.78, 5) is 2.32. The van der Waals surface area contributed by atoms with E-state index < -0.39 is 0 Å². The average molecular weight is 210 g/mol. The molecular weight excluding hydrogens is 188 g/mol. The summed E-state index contributed by atoms with van der Waals surface area (Å²) in [6.45, 7) is 1.89. The van der Waals surface area contributed by atoms with Crippen LogP contribution in [0.2, 0.25) is 0 Å². The summed E-state index contributed by atoms with van der Waals surface area (Å²) in [6.07, 6.45) is 8.25. The molecule has 3 nitrogen and oxygen atoms in total. The third-order valence-corrected chi connectivity index (χ3v) is 3.22. The standard InChI is InChI=1S/C12H22N2O/c13-8-10-14(9-4-1-5-11-15)12-6-2-3-7-12/h12,15H,1-7,9-11H2. The Kier molecular flexibility index (Phi) is 6.38. The molecule has 0 bridgehead atoms. The first-order valence-electron chi connectivity index (χ1n) is 6.10. The molecule has 0 aromatic rings. The van der Waals surface area contributed by atoms with Gasteiger partial charge in [0, 0.05) is 12.6 Å². The third-order valence-electron chi connectivity index (χ3n) is 3.22. The van der Waals surface area contributed by atoms with E-state index in [0.29, 0.717) is 19.2 Å². The molecule has 0 amide bonds. The Morgan fingerprint density at radius 1 is 1.20 bits per heavy atom. The molecule has 0 saturated heterocycles. The van der Waals surface area contributed by atoms with Crippen molar-refractivity contribution in [2.75, 3.05) is 19.7 Å². The van der Waals surface area contributed by atoms with Crippen LogP contribution in [0.4, 0.5) is 0 Å². The largest absolute Gasteiger partial charge is 0.396 e. The predicted molar refractivity (Wildman–Crippen MR) is 60.4 cm³/mol. The Morgan fingerprint density at radius 3 is 2.53 bits per heavy atom. The Morgan fingerprint density at radius 2 is 1.93 bits per heavy atom. The summed E-state index contributed by atoms with van der Waals surface area (Å²) in [5.41, 5.74) is 0. The smallest absolute Gasteiger partial charge is 0.0868 e. The van der Waals surface area contributed by atoms with Crippen LogP contribution in [-0.2, 0) is 0 Å². The molecule has 0 atom stereocenters. The molecule has 0 aromatic heterocycles. The molecule has 0 radical (unpaired) electrons. The number of nitrogens with zero attached hydrogens (tertiary/aromatic N) is 2. The molecule has 1 rings (SSSR count). The normalized spacial score (nSPS) is 17.1. The zero-order valence-electron chi connectivity index (χ0n) is 9.49. The van der Waals surface area contributed by atoms with Gasteiger partial charge in [-0.1, -0.05) is 12.8 Å². The Hall–Kier alpha value is -0.590. The number of aliphatic hydroxyl groups is 1.